The molecule has 0 radical (unpaired) electrons. The number of amides is 1. The molecule has 188 valence electrons. The summed E-state index contributed by atoms with van der Waals surface area (Å²) < 4.78 is 13.2. The third-order valence-electron chi connectivity index (χ3n) is 6.00. The average molecular weight is 509 g/mol. The molecule has 0 aromatic carbocycles. The fourth-order valence-electron chi connectivity index (χ4n) is 4.64. The number of rotatable bonds is 9. The maximum atomic E-state index is 13.6. The average Bonchev–Trinajstić information content (AvgIpc) is 3.23. The minimum absolute atomic E-state index is 0.127. The number of pyridine rings is 1. The van der Waals surface area contributed by atoms with Crippen LogP contribution >= 0.6 is 23.1 Å². The monoisotopic (exact) mass is 508 g/mol. The molecule has 0 bridgehead atoms. The zero-order chi connectivity index (χ0) is 25.3. The Labute approximate surface area is 210 Å². The lowest BCUT2D eigenvalue weighted by Gasteiger charge is -2.45. The zero-order valence-electron chi connectivity index (χ0n) is 21.1. The van der Waals surface area contributed by atoms with Gasteiger partial charge in [0.2, 0.25) is 5.79 Å². The SMILES string of the molecule is CCCCc1cc2c(C[C@]3(C(CSC)N(C(=O)O)C(C)(C)C)OC(C)(C)OC3=O)nccc2s1. The van der Waals surface area contributed by atoms with Crippen molar-refractivity contribution in [3.8, 4) is 0 Å². The lowest BCUT2D eigenvalue weighted by molar-refractivity contribution is -0.176. The molecule has 0 aliphatic carbocycles. The van der Waals surface area contributed by atoms with Gasteiger partial charge in [-0.05, 0) is 52.0 Å². The van der Waals surface area contributed by atoms with Gasteiger partial charge in [-0.2, -0.15) is 11.8 Å². The van der Waals surface area contributed by atoms with Gasteiger partial charge in [0.05, 0.1) is 11.7 Å². The number of nitrogens with zero attached hydrogens (tertiary/aromatic N) is 2. The number of ether oxygens (including phenoxy) is 2. The van der Waals surface area contributed by atoms with E-state index in [1.807, 2.05) is 33.1 Å². The summed E-state index contributed by atoms with van der Waals surface area (Å²) in [5.41, 5.74) is -1.56. The molecule has 2 aromatic heterocycles. The molecule has 1 N–H and O–H groups in total. The van der Waals surface area contributed by atoms with E-state index in [1.165, 1.54) is 21.5 Å². The molecule has 2 atom stereocenters. The number of hydrogen-bond donors (Lipinski definition) is 1. The van der Waals surface area contributed by atoms with Gasteiger partial charge in [-0.3, -0.25) is 9.88 Å². The van der Waals surface area contributed by atoms with Crippen molar-refractivity contribution in [3.63, 3.8) is 0 Å². The van der Waals surface area contributed by atoms with E-state index in [1.54, 1.807) is 31.4 Å². The molecule has 1 aliphatic rings. The highest BCUT2D eigenvalue weighted by atomic mass is 32.2. The number of carboxylic acid groups (broad SMARTS) is 1. The van der Waals surface area contributed by atoms with E-state index in [0.717, 1.165) is 35.0 Å². The minimum Gasteiger partial charge on any atom is -0.465 e. The van der Waals surface area contributed by atoms with E-state index in [2.05, 4.69) is 18.0 Å². The van der Waals surface area contributed by atoms with Gasteiger partial charge in [-0.1, -0.05) is 13.3 Å². The summed E-state index contributed by atoms with van der Waals surface area (Å²) in [5.74, 6) is -1.35. The van der Waals surface area contributed by atoms with E-state index in [0.29, 0.717) is 5.75 Å². The Bertz CT molecular complexity index is 1050. The second-order valence-electron chi connectivity index (χ2n) is 10.2. The molecule has 1 unspecified atom stereocenters. The lowest BCUT2D eigenvalue weighted by atomic mass is 9.85. The van der Waals surface area contributed by atoms with Crippen molar-refractivity contribution < 1.29 is 24.2 Å². The van der Waals surface area contributed by atoms with Gasteiger partial charge in [0.15, 0.2) is 5.60 Å². The Morgan fingerprint density at radius 2 is 2.06 bits per heavy atom. The lowest BCUT2D eigenvalue weighted by Crippen LogP contribution is -2.65. The van der Waals surface area contributed by atoms with Crippen LogP contribution in [0.25, 0.3) is 10.1 Å². The van der Waals surface area contributed by atoms with E-state index >= 15 is 0 Å². The Morgan fingerprint density at radius 3 is 2.59 bits per heavy atom. The second kappa shape index (κ2) is 10.0. The molecule has 0 saturated carbocycles. The van der Waals surface area contributed by atoms with Crippen LogP contribution in [0.5, 0.6) is 0 Å². The highest BCUT2D eigenvalue weighted by Gasteiger charge is 2.62. The summed E-state index contributed by atoms with van der Waals surface area (Å²) in [6, 6.07) is 3.37. The van der Waals surface area contributed by atoms with Gasteiger partial charge >= 0.3 is 12.1 Å². The summed E-state index contributed by atoms with van der Waals surface area (Å²) in [6.07, 6.45) is 5.89. The van der Waals surface area contributed by atoms with E-state index in [9.17, 15) is 14.7 Å². The first kappa shape index (κ1) is 26.8. The maximum absolute atomic E-state index is 13.6. The van der Waals surface area contributed by atoms with Gasteiger partial charge in [-0.25, -0.2) is 9.59 Å². The zero-order valence-corrected chi connectivity index (χ0v) is 22.8. The van der Waals surface area contributed by atoms with Crippen LogP contribution in [0, 0.1) is 0 Å². The smallest absolute Gasteiger partial charge is 0.408 e. The van der Waals surface area contributed by atoms with Crippen LogP contribution in [-0.2, 0) is 27.1 Å². The summed E-state index contributed by atoms with van der Waals surface area (Å²) >= 11 is 3.21. The number of esters is 1. The quantitative estimate of drug-likeness (QED) is 0.432. The molecular formula is C25H36N2O5S2. The molecule has 1 amide bonds. The first-order chi connectivity index (χ1) is 15.8. The standard InChI is InChI=1S/C25H36N2O5S2/c1-8-9-10-16-13-17-18(26-12-11-19(17)34-16)14-25(21(28)31-24(5,6)32-25)20(15-33-7)27(22(29)30)23(2,3)4/h11-13,20H,8-10,14-15H2,1-7H3,(H,29,30)/t20?,25-/m1/s1. The number of carbonyl (C=O) groups excluding carboxylic acids is 1. The number of carbonyl (C=O) groups is 2. The summed E-state index contributed by atoms with van der Waals surface area (Å²) in [7, 11) is 0. The number of cyclic esters (lactones) is 1. The van der Waals surface area contributed by atoms with Crippen molar-refractivity contribution in [2.75, 3.05) is 12.0 Å². The normalized spacial score (nSPS) is 21.0. The van der Waals surface area contributed by atoms with Crippen LogP contribution < -0.4 is 0 Å². The van der Waals surface area contributed by atoms with Crippen LogP contribution in [-0.4, -0.2) is 62.0 Å². The van der Waals surface area contributed by atoms with Gasteiger partial charge in [0.1, 0.15) is 0 Å². The van der Waals surface area contributed by atoms with Gasteiger partial charge < -0.3 is 14.6 Å². The van der Waals surface area contributed by atoms with Crippen molar-refractivity contribution in [3.05, 3.63) is 28.9 Å². The van der Waals surface area contributed by atoms with Gasteiger partial charge in [0.25, 0.3) is 0 Å². The molecule has 3 heterocycles. The van der Waals surface area contributed by atoms with Crippen LogP contribution in [0.4, 0.5) is 4.79 Å². The van der Waals surface area contributed by atoms with Crippen LogP contribution in [0.2, 0.25) is 0 Å². The Morgan fingerprint density at radius 1 is 1.35 bits per heavy atom. The summed E-state index contributed by atoms with van der Waals surface area (Å²) in [4.78, 5) is 33.3. The molecule has 34 heavy (non-hydrogen) atoms. The minimum atomic E-state index is -1.52. The van der Waals surface area contributed by atoms with E-state index in [-0.39, 0.29) is 6.42 Å². The van der Waals surface area contributed by atoms with Crippen molar-refractivity contribution in [2.45, 2.75) is 90.2 Å². The molecule has 1 saturated heterocycles. The number of unbranched alkanes of at least 4 members (excludes halogenated alkanes) is 1. The molecule has 3 rings (SSSR count). The van der Waals surface area contributed by atoms with E-state index in [4.69, 9.17) is 9.47 Å². The second-order valence-corrected chi connectivity index (χ2v) is 12.3. The number of thioether (sulfide) groups is 1. The predicted molar refractivity (Wildman–Crippen MR) is 138 cm³/mol. The van der Waals surface area contributed by atoms with Crippen LogP contribution in [0.1, 0.15) is 65.0 Å². The molecule has 0 spiro atoms. The van der Waals surface area contributed by atoms with Crippen molar-refractivity contribution in [1.82, 2.24) is 9.88 Å². The van der Waals surface area contributed by atoms with Crippen molar-refractivity contribution in [1.29, 1.82) is 0 Å². The number of aromatic nitrogens is 1. The molecule has 7 nitrogen and oxygen atoms in total. The topological polar surface area (TPSA) is 89.0 Å². The Hall–Kier alpha value is -1.84. The predicted octanol–water partition coefficient (Wildman–Crippen LogP) is 5.74. The fraction of sp³-hybridized carbons (Fsp3) is 0.640. The van der Waals surface area contributed by atoms with Gasteiger partial charge in [-0.15, -0.1) is 11.3 Å². The third kappa shape index (κ3) is 5.36. The van der Waals surface area contributed by atoms with Crippen LogP contribution in [0.15, 0.2) is 18.3 Å². The highest BCUT2D eigenvalue weighted by Crippen LogP contribution is 2.43. The first-order valence-corrected chi connectivity index (χ1v) is 13.9. The highest BCUT2D eigenvalue weighted by molar-refractivity contribution is 7.98. The largest absolute Gasteiger partial charge is 0.465 e. The number of thiophene rings is 1. The first-order valence-electron chi connectivity index (χ1n) is 11.7. The number of aryl methyl sites for hydroxylation is 1. The molecule has 1 fully saturated rings. The van der Waals surface area contributed by atoms with Crippen LogP contribution in [0.3, 0.4) is 0 Å². The van der Waals surface area contributed by atoms with Gasteiger partial charge in [0, 0.05) is 52.7 Å². The Kier molecular flexibility index (Phi) is 7.89. The molecule has 1 aliphatic heterocycles. The third-order valence-corrected chi connectivity index (χ3v) is 7.81. The van der Waals surface area contributed by atoms with E-state index < -0.39 is 35.0 Å². The number of hydrogen-bond acceptors (Lipinski definition) is 7. The molecule has 9 heteroatoms. The molecule has 2 aromatic rings. The van der Waals surface area contributed by atoms with Crippen molar-refractivity contribution >= 4 is 45.2 Å². The number of fused-ring (bicyclic) bond motifs is 1. The Balaban J connectivity index is 2.16. The maximum Gasteiger partial charge on any atom is 0.408 e. The summed E-state index contributed by atoms with van der Waals surface area (Å²) in [5, 5.41) is 11.2. The van der Waals surface area contributed by atoms with Crippen molar-refractivity contribution in [2.24, 2.45) is 0 Å². The molecular weight excluding hydrogens is 472 g/mol. The summed E-state index contributed by atoms with van der Waals surface area (Å²) in [6.45, 7) is 11.0. The fourth-order valence-corrected chi connectivity index (χ4v) is 6.49.